The number of hydrogen-bond acceptors (Lipinski definition) is 8. The van der Waals surface area contributed by atoms with Gasteiger partial charge in [0.05, 0.1) is 15.7 Å². The molecule has 5 rings (SSSR count). The Labute approximate surface area is 274 Å². The molecule has 0 atom stereocenters. The molecule has 0 aliphatic carbocycles. The second-order valence-electron chi connectivity index (χ2n) is 11.4. The van der Waals surface area contributed by atoms with Crippen LogP contribution in [0, 0.1) is 0 Å². The molecule has 0 saturated carbocycles. The second-order valence-corrected chi connectivity index (χ2v) is 16.4. The first-order chi connectivity index (χ1) is 22.3. The number of rotatable bonds is 10. The van der Waals surface area contributed by atoms with E-state index in [1.54, 1.807) is 43.0 Å². The molecule has 16 heteroatoms. The number of ketones is 1. The lowest BCUT2D eigenvalue weighted by Crippen LogP contribution is -2.48. The molecule has 48 heavy (non-hydrogen) atoms. The standard InChI is InChI=1S/C32H31F5N4O5S2/c1-22(2)47(44,45)27-9-5-25(6-10-27)40-15-17-41(18-16-40)32(43)24-4-13-29(38-21-24)30(42)19-23-3-14-31(39-20-23)46-26-7-11-28(12-8-26)48(33,34,35,36)37/h3-14,20-22H,15-19H2,1-2H3. The summed E-state index contributed by atoms with van der Waals surface area (Å²) in [6, 6.07) is 14.6. The smallest absolute Gasteiger partial charge is 0.310 e. The normalized spacial score (nSPS) is 15.5. The maximum absolute atomic E-state index is 13.1. The number of carbonyl (C=O) groups is 2. The fraction of sp³-hybridized carbons (Fsp3) is 0.250. The molecule has 1 saturated heterocycles. The van der Waals surface area contributed by atoms with Gasteiger partial charge in [-0.05, 0) is 80.1 Å². The van der Waals surface area contributed by atoms with Crippen molar-refractivity contribution in [2.45, 2.75) is 35.3 Å². The second kappa shape index (κ2) is 12.1. The van der Waals surface area contributed by atoms with E-state index >= 15 is 0 Å². The molecule has 1 fully saturated rings. The fourth-order valence-electron chi connectivity index (χ4n) is 4.89. The van der Waals surface area contributed by atoms with E-state index in [-0.39, 0.29) is 52.5 Å². The maximum Gasteiger partial charge on any atom is 0.310 e. The highest BCUT2D eigenvalue weighted by molar-refractivity contribution is 8.45. The molecular weight excluding hydrogens is 679 g/mol. The summed E-state index contributed by atoms with van der Waals surface area (Å²) >= 11 is 0. The molecule has 0 spiro atoms. The number of aromatic nitrogens is 2. The summed E-state index contributed by atoms with van der Waals surface area (Å²) in [7, 11) is -13.2. The van der Waals surface area contributed by atoms with Gasteiger partial charge in [0.15, 0.2) is 15.6 Å². The van der Waals surface area contributed by atoms with Gasteiger partial charge in [-0.15, -0.1) is 0 Å². The molecule has 9 nitrogen and oxygen atoms in total. The van der Waals surface area contributed by atoms with Gasteiger partial charge >= 0.3 is 10.2 Å². The highest BCUT2D eigenvalue weighted by atomic mass is 32.5. The third kappa shape index (κ3) is 8.10. The number of benzene rings is 2. The van der Waals surface area contributed by atoms with Gasteiger partial charge in [0, 0.05) is 56.7 Å². The summed E-state index contributed by atoms with van der Waals surface area (Å²) in [6.07, 6.45) is 2.58. The lowest BCUT2D eigenvalue weighted by Gasteiger charge is -2.40. The van der Waals surface area contributed by atoms with Crippen molar-refractivity contribution in [2.75, 3.05) is 31.1 Å². The third-order valence-corrected chi connectivity index (χ3v) is 11.0. The molecule has 0 N–H and O–H groups in total. The molecule has 3 heterocycles. The van der Waals surface area contributed by atoms with Crippen LogP contribution in [-0.2, 0) is 16.3 Å². The molecule has 4 aromatic rings. The van der Waals surface area contributed by atoms with Gasteiger partial charge in [-0.25, -0.2) is 13.4 Å². The minimum absolute atomic E-state index is 0.0249. The summed E-state index contributed by atoms with van der Waals surface area (Å²) < 4.78 is 94.6. The van der Waals surface area contributed by atoms with E-state index in [0.29, 0.717) is 37.3 Å². The van der Waals surface area contributed by atoms with E-state index in [1.807, 2.05) is 0 Å². The Morgan fingerprint density at radius 2 is 1.46 bits per heavy atom. The summed E-state index contributed by atoms with van der Waals surface area (Å²) in [5.41, 5.74) is 1.80. The lowest BCUT2D eigenvalue weighted by molar-refractivity contribution is 0.0745. The number of nitrogens with zero attached hydrogens (tertiary/aromatic N) is 4. The molecule has 0 unspecified atom stereocenters. The molecule has 1 aliphatic rings. The van der Waals surface area contributed by atoms with E-state index in [4.69, 9.17) is 4.74 Å². The first-order valence-corrected chi connectivity index (χ1v) is 18.1. The van der Waals surface area contributed by atoms with Crippen molar-refractivity contribution in [1.29, 1.82) is 0 Å². The molecule has 1 aliphatic heterocycles. The van der Waals surface area contributed by atoms with Crippen molar-refractivity contribution in [3.8, 4) is 11.6 Å². The van der Waals surface area contributed by atoms with Crippen LogP contribution >= 0.6 is 10.2 Å². The number of piperazine rings is 1. The number of halogens is 5. The third-order valence-electron chi connectivity index (χ3n) is 7.67. The van der Waals surface area contributed by atoms with Crippen LogP contribution in [0.4, 0.5) is 25.1 Å². The van der Waals surface area contributed by atoms with Crippen LogP contribution in [0.2, 0.25) is 0 Å². The van der Waals surface area contributed by atoms with Crippen molar-refractivity contribution in [3.63, 3.8) is 0 Å². The van der Waals surface area contributed by atoms with Crippen LogP contribution in [0.3, 0.4) is 0 Å². The zero-order chi connectivity index (χ0) is 35.0. The van der Waals surface area contributed by atoms with E-state index < -0.39 is 30.2 Å². The molecular formula is C32H31F5N4O5S2. The summed E-state index contributed by atoms with van der Waals surface area (Å²) in [5, 5.41) is -0.518. The number of pyridine rings is 2. The predicted octanol–water partition coefficient (Wildman–Crippen LogP) is 7.50. The van der Waals surface area contributed by atoms with Crippen LogP contribution in [0.15, 0.2) is 95.0 Å². The Hall–Kier alpha value is -4.57. The Bertz CT molecular complexity index is 1920. The number of amides is 1. The maximum atomic E-state index is 13.1. The van der Waals surface area contributed by atoms with Gasteiger partial charge in [0.1, 0.15) is 16.3 Å². The molecule has 2 aromatic carbocycles. The molecule has 0 radical (unpaired) electrons. The van der Waals surface area contributed by atoms with Crippen molar-refractivity contribution in [2.24, 2.45) is 0 Å². The first kappa shape index (κ1) is 34.8. The molecule has 1 amide bonds. The SMILES string of the molecule is CC(C)S(=O)(=O)c1ccc(N2CCN(C(=O)c3ccc(C(=O)Cc4ccc(Oc5ccc(S(F)(F)(F)(F)F)cc5)nc4)nc3)CC2)cc1. The van der Waals surface area contributed by atoms with E-state index in [9.17, 15) is 37.4 Å². The number of ether oxygens (including phenoxy) is 1. The van der Waals surface area contributed by atoms with Gasteiger partial charge in [-0.2, -0.15) is 0 Å². The van der Waals surface area contributed by atoms with Crippen LogP contribution in [-0.4, -0.2) is 66.4 Å². The zero-order valence-electron chi connectivity index (χ0n) is 25.7. The van der Waals surface area contributed by atoms with Crippen LogP contribution in [0.1, 0.15) is 40.3 Å². The van der Waals surface area contributed by atoms with Crippen molar-refractivity contribution >= 4 is 37.4 Å². The number of sulfone groups is 1. The van der Waals surface area contributed by atoms with Gasteiger partial charge in [-0.1, -0.05) is 25.5 Å². The van der Waals surface area contributed by atoms with Gasteiger partial charge in [0.2, 0.25) is 5.88 Å². The molecule has 2 aromatic heterocycles. The van der Waals surface area contributed by atoms with Crippen molar-refractivity contribution < 1.29 is 42.2 Å². The minimum atomic E-state index is -9.79. The average molecular weight is 711 g/mol. The summed E-state index contributed by atoms with van der Waals surface area (Å²) in [5.74, 6) is -0.744. The Balaban J connectivity index is 1.12. The van der Waals surface area contributed by atoms with Gasteiger partial charge in [0.25, 0.3) is 5.91 Å². The van der Waals surface area contributed by atoms with Crippen LogP contribution in [0.25, 0.3) is 0 Å². The number of carbonyl (C=O) groups excluding carboxylic acids is 2. The van der Waals surface area contributed by atoms with Crippen LogP contribution < -0.4 is 9.64 Å². The van der Waals surface area contributed by atoms with E-state index in [0.717, 1.165) is 17.8 Å². The fourth-order valence-corrected chi connectivity index (χ4v) is 6.60. The van der Waals surface area contributed by atoms with E-state index in [2.05, 4.69) is 14.9 Å². The number of hydrogen-bond donors (Lipinski definition) is 0. The molecule has 0 bridgehead atoms. The van der Waals surface area contributed by atoms with Gasteiger partial charge < -0.3 is 14.5 Å². The monoisotopic (exact) mass is 710 g/mol. The van der Waals surface area contributed by atoms with Crippen LogP contribution in [0.5, 0.6) is 11.6 Å². The summed E-state index contributed by atoms with van der Waals surface area (Å²) in [4.78, 5) is 36.1. The molecule has 256 valence electrons. The van der Waals surface area contributed by atoms with Crippen molar-refractivity contribution in [1.82, 2.24) is 14.9 Å². The topological polar surface area (TPSA) is 110 Å². The van der Waals surface area contributed by atoms with Crippen molar-refractivity contribution in [3.05, 3.63) is 102 Å². The zero-order valence-corrected chi connectivity index (χ0v) is 27.4. The van der Waals surface area contributed by atoms with Gasteiger partial charge in [-0.3, -0.25) is 14.6 Å². The Kier molecular flexibility index (Phi) is 8.80. The largest absolute Gasteiger partial charge is 0.439 e. The van der Waals surface area contributed by atoms with E-state index in [1.165, 1.54) is 36.7 Å². The minimum Gasteiger partial charge on any atom is -0.439 e. The Morgan fingerprint density at radius 3 is 1.98 bits per heavy atom. The lowest BCUT2D eigenvalue weighted by atomic mass is 10.1. The number of anilines is 1. The number of Topliss-reactive ketones (excluding diaryl/α,β-unsaturated/α-hetero) is 1. The highest BCUT2D eigenvalue weighted by Crippen LogP contribution is 3.02. The predicted molar refractivity (Wildman–Crippen MR) is 171 cm³/mol. The first-order valence-electron chi connectivity index (χ1n) is 14.6. The highest BCUT2D eigenvalue weighted by Gasteiger charge is 2.65. The average Bonchev–Trinajstić information content (AvgIpc) is 3.04. The Morgan fingerprint density at radius 1 is 0.812 bits per heavy atom. The summed E-state index contributed by atoms with van der Waals surface area (Å²) in [6.45, 7) is 5.25. The quantitative estimate of drug-likeness (QED) is 0.123.